The van der Waals surface area contributed by atoms with Crippen LogP contribution in [0.2, 0.25) is 0 Å². The molecule has 0 saturated carbocycles. The highest BCUT2D eigenvalue weighted by Gasteiger charge is 2.25. The van der Waals surface area contributed by atoms with Crippen LogP contribution in [0.3, 0.4) is 0 Å². The average Bonchev–Trinajstić information content (AvgIpc) is 1.82. The molecule has 0 aromatic heterocycles. The molecule has 73 valence electrons. The molecular formula is C12H25. The maximum atomic E-state index is 2.34. The quantitative estimate of drug-likeness (QED) is 0.590. The van der Waals surface area contributed by atoms with Gasteiger partial charge in [0.1, 0.15) is 0 Å². The second-order valence-corrected chi connectivity index (χ2v) is 5.53. The summed E-state index contributed by atoms with van der Waals surface area (Å²) in [7, 11) is 0. The Labute approximate surface area is 78.8 Å². The number of hydrogen-bond acceptors (Lipinski definition) is 0. The summed E-state index contributed by atoms with van der Waals surface area (Å²) in [4.78, 5) is 0. The fraction of sp³-hybridized carbons (Fsp3) is 0.917. The fourth-order valence-corrected chi connectivity index (χ4v) is 1.56. The Hall–Kier alpha value is 0. The SMILES string of the molecule is C[C](CC(C)C)C(C)C(C)(C)C. The molecular weight excluding hydrogens is 144 g/mol. The van der Waals surface area contributed by atoms with Gasteiger partial charge in [0, 0.05) is 0 Å². The highest BCUT2D eigenvalue weighted by atomic mass is 14.3. The van der Waals surface area contributed by atoms with Crippen LogP contribution in [0.4, 0.5) is 0 Å². The van der Waals surface area contributed by atoms with Gasteiger partial charge < -0.3 is 0 Å². The third-order valence-electron chi connectivity index (χ3n) is 2.77. The largest absolute Gasteiger partial charge is 0.0628 e. The lowest BCUT2D eigenvalue weighted by molar-refractivity contribution is 0.259. The molecule has 0 aromatic carbocycles. The van der Waals surface area contributed by atoms with Gasteiger partial charge in [0.15, 0.2) is 0 Å². The van der Waals surface area contributed by atoms with E-state index in [0.717, 1.165) is 11.8 Å². The Morgan fingerprint density at radius 3 is 1.75 bits per heavy atom. The lowest BCUT2D eigenvalue weighted by Crippen LogP contribution is -2.23. The molecule has 1 unspecified atom stereocenters. The van der Waals surface area contributed by atoms with Gasteiger partial charge in [0.25, 0.3) is 0 Å². The molecule has 0 bridgehead atoms. The van der Waals surface area contributed by atoms with Crippen LogP contribution in [0.1, 0.15) is 54.9 Å². The minimum Gasteiger partial charge on any atom is -0.0628 e. The summed E-state index contributed by atoms with van der Waals surface area (Å²) >= 11 is 0. The Kier molecular flexibility index (Phi) is 4.30. The predicted molar refractivity (Wildman–Crippen MR) is 57.0 cm³/mol. The van der Waals surface area contributed by atoms with E-state index < -0.39 is 0 Å². The van der Waals surface area contributed by atoms with Gasteiger partial charge in [-0.25, -0.2) is 0 Å². The summed E-state index contributed by atoms with van der Waals surface area (Å²) in [6.07, 6.45) is 1.28. The zero-order valence-corrected chi connectivity index (χ0v) is 9.86. The molecule has 0 fully saturated rings. The van der Waals surface area contributed by atoms with Gasteiger partial charge in [-0.1, -0.05) is 48.5 Å². The lowest BCUT2D eigenvalue weighted by atomic mass is 9.73. The summed E-state index contributed by atoms with van der Waals surface area (Å²) in [6.45, 7) is 16.2. The first-order valence-electron chi connectivity index (χ1n) is 5.07. The summed E-state index contributed by atoms with van der Waals surface area (Å²) in [5, 5.41) is 0. The molecule has 0 rings (SSSR count). The highest BCUT2D eigenvalue weighted by Crippen LogP contribution is 2.35. The Bertz CT molecular complexity index is 116. The summed E-state index contributed by atoms with van der Waals surface area (Å²) in [5.74, 6) is 3.19. The van der Waals surface area contributed by atoms with Crippen molar-refractivity contribution in [1.29, 1.82) is 0 Å². The van der Waals surface area contributed by atoms with Crippen LogP contribution < -0.4 is 0 Å². The van der Waals surface area contributed by atoms with Crippen molar-refractivity contribution in [2.24, 2.45) is 17.3 Å². The van der Waals surface area contributed by atoms with Crippen LogP contribution in [0.25, 0.3) is 0 Å². The molecule has 0 saturated heterocycles. The maximum absolute atomic E-state index is 2.34. The van der Waals surface area contributed by atoms with Crippen molar-refractivity contribution in [3.63, 3.8) is 0 Å². The molecule has 1 atom stereocenters. The van der Waals surface area contributed by atoms with Crippen molar-refractivity contribution in [1.82, 2.24) is 0 Å². The molecule has 1 radical (unpaired) electrons. The minimum absolute atomic E-state index is 0.430. The third kappa shape index (κ3) is 4.13. The van der Waals surface area contributed by atoms with Crippen LogP contribution in [0.5, 0.6) is 0 Å². The molecule has 0 heteroatoms. The zero-order valence-electron chi connectivity index (χ0n) is 9.86. The second-order valence-electron chi connectivity index (χ2n) is 5.53. The molecule has 0 nitrogen and oxygen atoms in total. The van der Waals surface area contributed by atoms with Crippen LogP contribution >= 0.6 is 0 Å². The van der Waals surface area contributed by atoms with E-state index in [0.29, 0.717) is 5.41 Å². The lowest BCUT2D eigenvalue weighted by Gasteiger charge is -2.32. The third-order valence-corrected chi connectivity index (χ3v) is 2.77. The van der Waals surface area contributed by atoms with Crippen molar-refractivity contribution >= 4 is 0 Å². The standard InChI is InChI=1S/C12H25/c1-9(2)8-10(3)11(4)12(5,6)7/h9,11H,8H2,1-7H3. The Morgan fingerprint density at radius 2 is 1.50 bits per heavy atom. The first-order valence-corrected chi connectivity index (χ1v) is 5.07. The summed E-state index contributed by atoms with van der Waals surface area (Å²) < 4.78 is 0. The summed E-state index contributed by atoms with van der Waals surface area (Å²) in [6, 6.07) is 0. The maximum Gasteiger partial charge on any atom is -0.0236 e. The molecule has 0 heterocycles. The van der Waals surface area contributed by atoms with E-state index >= 15 is 0 Å². The molecule has 0 aliphatic carbocycles. The average molecular weight is 169 g/mol. The van der Waals surface area contributed by atoms with Gasteiger partial charge in [-0.15, -0.1) is 0 Å². The van der Waals surface area contributed by atoms with Gasteiger partial charge >= 0.3 is 0 Å². The predicted octanol–water partition coefficient (Wildman–Crippen LogP) is 4.31. The molecule has 0 aromatic rings. The molecule has 12 heavy (non-hydrogen) atoms. The second kappa shape index (κ2) is 4.30. The van der Waals surface area contributed by atoms with Gasteiger partial charge in [-0.3, -0.25) is 0 Å². The van der Waals surface area contributed by atoms with Crippen LogP contribution in [0.15, 0.2) is 0 Å². The fourth-order valence-electron chi connectivity index (χ4n) is 1.56. The minimum atomic E-state index is 0.430. The van der Waals surface area contributed by atoms with Gasteiger partial charge in [-0.2, -0.15) is 0 Å². The van der Waals surface area contributed by atoms with Crippen molar-refractivity contribution in [3.8, 4) is 0 Å². The van der Waals surface area contributed by atoms with Crippen molar-refractivity contribution in [3.05, 3.63) is 5.92 Å². The zero-order chi connectivity index (χ0) is 9.94. The van der Waals surface area contributed by atoms with E-state index in [-0.39, 0.29) is 0 Å². The van der Waals surface area contributed by atoms with E-state index in [1.807, 2.05) is 0 Å². The van der Waals surface area contributed by atoms with Crippen molar-refractivity contribution in [2.45, 2.75) is 54.9 Å². The van der Waals surface area contributed by atoms with E-state index in [1.165, 1.54) is 6.42 Å². The van der Waals surface area contributed by atoms with Crippen molar-refractivity contribution < 1.29 is 0 Å². The number of hydrogen-bond donors (Lipinski definition) is 0. The van der Waals surface area contributed by atoms with Gasteiger partial charge in [-0.05, 0) is 29.6 Å². The Balaban J connectivity index is 4.01. The summed E-state index contributed by atoms with van der Waals surface area (Å²) in [5.41, 5.74) is 0.430. The molecule has 0 amide bonds. The highest BCUT2D eigenvalue weighted by molar-refractivity contribution is 4.95. The molecule has 0 aliphatic heterocycles. The molecule has 0 aliphatic rings. The van der Waals surface area contributed by atoms with E-state index in [9.17, 15) is 0 Å². The smallest absolute Gasteiger partial charge is 0.0236 e. The Morgan fingerprint density at radius 1 is 1.08 bits per heavy atom. The monoisotopic (exact) mass is 169 g/mol. The van der Waals surface area contributed by atoms with E-state index in [2.05, 4.69) is 48.5 Å². The molecule has 0 spiro atoms. The van der Waals surface area contributed by atoms with Crippen LogP contribution in [-0.2, 0) is 0 Å². The van der Waals surface area contributed by atoms with Crippen LogP contribution in [0, 0.1) is 23.2 Å². The van der Waals surface area contributed by atoms with Crippen molar-refractivity contribution in [2.75, 3.05) is 0 Å². The van der Waals surface area contributed by atoms with Gasteiger partial charge in [0.2, 0.25) is 0 Å². The van der Waals surface area contributed by atoms with E-state index in [4.69, 9.17) is 0 Å². The van der Waals surface area contributed by atoms with Crippen LogP contribution in [-0.4, -0.2) is 0 Å². The first-order chi connectivity index (χ1) is 5.25. The van der Waals surface area contributed by atoms with Gasteiger partial charge in [0.05, 0.1) is 0 Å². The van der Waals surface area contributed by atoms with E-state index in [1.54, 1.807) is 5.92 Å². The number of rotatable bonds is 3. The first kappa shape index (κ1) is 12.0. The topological polar surface area (TPSA) is 0 Å². The molecule has 0 N–H and O–H groups in total. The normalized spacial score (nSPS) is 15.8.